The van der Waals surface area contributed by atoms with Crippen LogP contribution in [0.5, 0.6) is 5.75 Å². The maximum absolute atomic E-state index is 5.66. The van der Waals surface area contributed by atoms with Crippen LogP contribution in [0.25, 0.3) is 0 Å². The van der Waals surface area contributed by atoms with Crippen LogP contribution in [0.3, 0.4) is 0 Å². The van der Waals surface area contributed by atoms with Crippen LogP contribution in [0.1, 0.15) is 0 Å². The van der Waals surface area contributed by atoms with E-state index in [0.717, 1.165) is 30.1 Å². The molecule has 0 N–H and O–H groups in total. The molecule has 0 aromatic heterocycles. The van der Waals surface area contributed by atoms with E-state index < -0.39 is 0 Å². The molecule has 0 bridgehead atoms. The summed E-state index contributed by atoms with van der Waals surface area (Å²) in [6.07, 6.45) is 0. The van der Waals surface area contributed by atoms with Crippen molar-refractivity contribution in [3.05, 3.63) is 18.2 Å². The van der Waals surface area contributed by atoms with Crippen LogP contribution in [0.4, 0.5) is 5.69 Å². The van der Waals surface area contributed by atoms with E-state index in [1.54, 1.807) is 0 Å². The normalized spacial score (nSPS) is 15.2. The summed E-state index contributed by atoms with van der Waals surface area (Å²) in [4.78, 5) is 2.15. The molecule has 0 spiro atoms. The third-order valence-electron chi connectivity index (χ3n) is 2.08. The van der Waals surface area contributed by atoms with E-state index in [1.165, 1.54) is 0 Å². The number of rotatable bonds is 0. The second kappa shape index (κ2) is 2.74. The number of nitrogens with zero attached hydrogens (tertiary/aromatic N) is 1. The van der Waals surface area contributed by atoms with Gasteiger partial charge in [-0.25, -0.2) is 0 Å². The van der Waals surface area contributed by atoms with Crippen molar-refractivity contribution in [3.8, 4) is 5.75 Å². The molecule has 0 fully saturated rings. The first-order valence-electron chi connectivity index (χ1n) is 4.01. The second-order valence-electron chi connectivity index (χ2n) is 3.00. The molecule has 0 unspecified atom stereocenters. The molecular formula is C9H10BNO. The first kappa shape index (κ1) is 7.53. The number of benzene rings is 1. The molecule has 2 nitrogen and oxygen atoms in total. The second-order valence-corrected chi connectivity index (χ2v) is 3.00. The highest BCUT2D eigenvalue weighted by molar-refractivity contribution is 6.32. The number of hydrogen-bond donors (Lipinski definition) is 0. The molecule has 12 heavy (non-hydrogen) atoms. The minimum absolute atomic E-state index is 0.757. The van der Waals surface area contributed by atoms with E-state index in [4.69, 9.17) is 12.6 Å². The number of fused-ring (bicyclic) bond motifs is 1. The van der Waals surface area contributed by atoms with Crippen molar-refractivity contribution in [2.24, 2.45) is 0 Å². The summed E-state index contributed by atoms with van der Waals surface area (Å²) in [6, 6.07) is 5.72. The first-order chi connectivity index (χ1) is 5.77. The molecule has 2 radical (unpaired) electrons. The average molecular weight is 159 g/mol. The van der Waals surface area contributed by atoms with Gasteiger partial charge in [0.15, 0.2) is 0 Å². The minimum Gasteiger partial charge on any atom is -0.490 e. The summed E-state index contributed by atoms with van der Waals surface area (Å²) in [5.74, 6) is 0.929. The lowest BCUT2D eigenvalue weighted by Gasteiger charge is -2.27. The molecule has 2 rings (SSSR count). The van der Waals surface area contributed by atoms with Gasteiger partial charge in [-0.2, -0.15) is 0 Å². The molecule has 0 aliphatic carbocycles. The standard InChI is InChI=1S/C9H10BNO/c1-11-4-5-12-9-3-2-7(10)6-8(9)11/h2-3,6H,4-5H2,1H3. The molecule has 0 saturated heterocycles. The zero-order chi connectivity index (χ0) is 8.55. The summed E-state index contributed by atoms with van der Waals surface area (Å²) < 4.78 is 5.45. The van der Waals surface area contributed by atoms with Crippen molar-refractivity contribution < 1.29 is 4.74 Å². The largest absolute Gasteiger partial charge is 0.490 e. The van der Waals surface area contributed by atoms with E-state index in [-0.39, 0.29) is 0 Å². The first-order valence-corrected chi connectivity index (χ1v) is 4.01. The predicted molar refractivity (Wildman–Crippen MR) is 50.6 cm³/mol. The molecule has 60 valence electrons. The minimum atomic E-state index is 0.757. The lowest BCUT2D eigenvalue weighted by molar-refractivity contribution is 0.311. The number of hydrogen-bond acceptors (Lipinski definition) is 2. The van der Waals surface area contributed by atoms with Crippen LogP contribution >= 0.6 is 0 Å². The zero-order valence-electron chi connectivity index (χ0n) is 7.08. The Bertz CT molecular complexity index is 301. The fourth-order valence-electron chi connectivity index (χ4n) is 1.37. The van der Waals surface area contributed by atoms with E-state index in [9.17, 15) is 0 Å². The van der Waals surface area contributed by atoms with Crippen molar-refractivity contribution in [3.63, 3.8) is 0 Å². The van der Waals surface area contributed by atoms with Crippen molar-refractivity contribution in [1.29, 1.82) is 0 Å². The number of likely N-dealkylation sites (N-methyl/N-ethyl adjacent to an activating group) is 1. The molecule has 3 heteroatoms. The van der Waals surface area contributed by atoms with E-state index in [2.05, 4.69) is 4.90 Å². The van der Waals surface area contributed by atoms with Crippen LogP contribution in [0.15, 0.2) is 18.2 Å². The topological polar surface area (TPSA) is 12.5 Å². The average Bonchev–Trinajstić information content (AvgIpc) is 2.07. The fraction of sp³-hybridized carbons (Fsp3) is 0.333. The molecule has 1 aliphatic heterocycles. The summed E-state index contributed by atoms with van der Waals surface area (Å²) in [5, 5.41) is 0. The Hall–Kier alpha value is -1.12. The fourth-order valence-corrected chi connectivity index (χ4v) is 1.37. The lowest BCUT2D eigenvalue weighted by Crippen LogP contribution is -2.29. The van der Waals surface area contributed by atoms with Crippen LogP contribution in [0.2, 0.25) is 0 Å². The Morgan fingerprint density at radius 3 is 3.17 bits per heavy atom. The molecule has 1 aromatic carbocycles. The maximum atomic E-state index is 5.66. The zero-order valence-corrected chi connectivity index (χ0v) is 7.08. The van der Waals surface area contributed by atoms with Gasteiger partial charge in [0, 0.05) is 7.05 Å². The van der Waals surface area contributed by atoms with Gasteiger partial charge in [-0.15, -0.1) is 0 Å². The van der Waals surface area contributed by atoms with E-state index >= 15 is 0 Å². The van der Waals surface area contributed by atoms with Crippen LogP contribution < -0.4 is 15.1 Å². The highest BCUT2D eigenvalue weighted by atomic mass is 16.5. The van der Waals surface area contributed by atoms with Gasteiger partial charge in [0.05, 0.1) is 12.2 Å². The monoisotopic (exact) mass is 159 g/mol. The van der Waals surface area contributed by atoms with Crippen molar-refractivity contribution in [2.45, 2.75) is 0 Å². The van der Waals surface area contributed by atoms with Gasteiger partial charge in [-0.05, 0) is 12.1 Å². The maximum Gasteiger partial charge on any atom is 0.142 e. The third-order valence-corrected chi connectivity index (χ3v) is 2.08. The van der Waals surface area contributed by atoms with Crippen molar-refractivity contribution in [1.82, 2.24) is 0 Å². The van der Waals surface area contributed by atoms with Gasteiger partial charge < -0.3 is 9.64 Å². The summed E-state index contributed by atoms with van der Waals surface area (Å²) in [6.45, 7) is 1.68. The van der Waals surface area contributed by atoms with Crippen molar-refractivity contribution >= 4 is 19.0 Å². The molecule has 1 aromatic rings. The quantitative estimate of drug-likeness (QED) is 0.505. The summed E-state index contributed by atoms with van der Waals surface area (Å²) >= 11 is 0. The smallest absolute Gasteiger partial charge is 0.142 e. The Kier molecular flexibility index (Phi) is 1.72. The molecular weight excluding hydrogens is 149 g/mol. The highest BCUT2D eigenvalue weighted by Crippen LogP contribution is 2.28. The molecule has 0 saturated carbocycles. The van der Waals surface area contributed by atoms with Crippen LogP contribution in [-0.2, 0) is 0 Å². The molecule has 0 atom stereocenters. The van der Waals surface area contributed by atoms with E-state index in [0.29, 0.717) is 0 Å². The Labute approximate surface area is 73.5 Å². The Morgan fingerprint density at radius 2 is 2.33 bits per heavy atom. The van der Waals surface area contributed by atoms with Crippen molar-refractivity contribution in [2.75, 3.05) is 25.1 Å². The highest BCUT2D eigenvalue weighted by Gasteiger charge is 2.13. The summed E-state index contributed by atoms with van der Waals surface area (Å²) in [5.41, 5.74) is 1.87. The lowest BCUT2D eigenvalue weighted by atomic mass is 9.95. The third kappa shape index (κ3) is 1.15. The molecule has 1 aliphatic rings. The van der Waals surface area contributed by atoms with Gasteiger partial charge in [0.1, 0.15) is 20.2 Å². The Balaban J connectivity index is 2.47. The number of anilines is 1. The van der Waals surface area contributed by atoms with Crippen LogP contribution in [0, 0.1) is 0 Å². The number of ether oxygens (including phenoxy) is 1. The molecule has 0 amide bonds. The van der Waals surface area contributed by atoms with Gasteiger partial charge >= 0.3 is 0 Å². The summed E-state index contributed by atoms with van der Waals surface area (Å²) in [7, 11) is 7.70. The van der Waals surface area contributed by atoms with Gasteiger partial charge in [0.2, 0.25) is 0 Å². The SMILES string of the molecule is [B]c1ccc2c(c1)N(C)CCO2. The predicted octanol–water partition coefficient (Wildman–Crippen LogP) is 0.309. The van der Waals surface area contributed by atoms with E-state index in [1.807, 2.05) is 25.2 Å². The Morgan fingerprint density at radius 1 is 1.50 bits per heavy atom. The van der Waals surface area contributed by atoms with Gasteiger partial charge in [-0.1, -0.05) is 11.5 Å². The van der Waals surface area contributed by atoms with Gasteiger partial charge in [0.25, 0.3) is 0 Å². The van der Waals surface area contributed by atoms with Crippen LogP contribution in [-0.4, -0.2) is 28.0 Å². The molecule has 1 heterocycles. The van der Waals surface area contributed by atoms with Gasteiger partial charge in [-0.3, -0.25) is 0 Å².